The highest BCUT2D eigenvalue weighted by molar-refractivity contribution is 5.89. The molecule has 3 saturated carbocycles. The van der Waals surface area contributed by atoms with E-state index < -0.39 is 0 Å². The van der Waals surface area contributed by atoms with Gasteiger partial charge in [-0.3, -0.25) is 14.8 Å². The van der Waals surface area contributed by atoms with E-state index in [0.717, 1.165) is 24.0 Å². The van der Waals surface area contributed by atoms with Crippen molar-refractivity contribution < 1.29 is 4.79 Å². The van der Waals surface area contributed by atoms with Crippen molar-refractivity contribution in [1.29, 1.82) is 0 Å². The van der Waals surface area contributed by atoms with Crippen LogP contribution in [0.3, 0.4) is 0 Å². The molecule has 1 aromatic rings. The third-order valence-electron chi connectivity index (χ3n) is 9.31. The minimum atomic E-state index is 0.124. The Morgan fingerprint density at radius 3 is 2.72 bits per heavy atom. The smallest absolute Gasteiger partial charge is 0.246 e. The molecule has 3 fully saturated rings. The summed E-state index contributed by atoms with van der Waals surface area (Å²) >= 11 is 0. The molecule has 0 radical (unpaired) electrons. The van der Waals surface area contributed by atoms with Crippen molar-refractivity contribution in [1.82, 2.24) is 14.9 Å². The average Bonchev–Trinajstić information content (AvgIpc) is 3.08. The van der Waals surface area contributed by atoms with Gasteiger partial charge in [-0.15, -0.1) is 0 Å². The van der Waals surface area contributed by atoms with E-state index in [-0.39, 0.29) is 16.7 Å². The van der Waals surface area contributed by atoms with Crippen LogP contribution in [0, 0.1) is 28.6 Å². The fraction of sp³-hybridized carbons (Fsp3) is 0.640. The molecule has 0 spiro atoms. The number of rotatable bonds is 1. The van der Waals surface area contributed by atoms with Gasteiger partial charge in [-0.05, 0) is 80.3 Å². The maximum atomic E-state index is 12.3. The number of likely N-dealkylation sites (N-methyl/N-ethyl adjacent to an activating group) is 1. The number of carbonyl (C=O) groups excluding carboxylic acids is 1. The van der Waals surface area contributed by atoms with Crippen molar-refractivity contribution in [2.24, 2.45) is 28.6 Å². The maximum Gasteiger partial charge on any atom is 0.246 e. The molecule has 5 rings (SSSR count). The fourth-order valence-electron chi connectivity index (χ4n) is 7.81. The predicted molar refractivity (Wildman–Crippen MR) is 115 cm³/mol. The standard InChI is InChI=1S/C25H33N3O/c1-16(21-15-26-13-14-27-21)18-6-7-19-17-5-8-22-25(3,12-10-23(29)28(22)4)20(17)9-11-24(18,19)2/h10,12-15,17,19-20,22H,5-9,11H2,1-4H3/b18-16+/t17-,19-,20-,22+,24+,25+/m0/s1. The molecular formula is C25H33N3O. The average molecular weight is 392 g/mol. The number of carbonyl (C=O) groups is 1. The second kappa shape index (κ2) is 6.52. The maximum absolute atomic E-state index is 12.3. The molecule has 3 aliphatic carbocycles. The van der Waals surface area contributed by atoms with Crippen LogP contribution in [-0.4, -0.2) is 33.9 Å². The van der Waals surface area contributed by atoms with Gasteiger partial charge in [0.2, 0.25) is 5.91 Å². The SMILES string of the molecule is C/C(=C1/CC[C@H]2[C@@H]3CC[C@H]4N(C)C(=O)C=C[C@]4(C)[C@H]3CC[C@]12C)c1cnccn1. The molecule has 1 aliphatic heterocycles. The summed E-state index contributed by atoms with van der Waals surface area (Å²) in [6, 6.07) is 0.364. The fourth-order valence-corrected chi connectivity index (χ4v) is 7.81. The Kier molecular flexibility index (Phi) is 4.27. The van der Waals surface area contributed by atoms with Crippen molar-refractivity contribution in [2.45, 2.75) is 65.3 Å². The van der Waals surface area contributed by atoms with Crippen LogP contribution < -0.4 is 0 Å². The van der Waals surface area contributed by atoms with Gasteiger partial charge < -0.3 is 4.90 Å². The van der Waals surface area contributed by atoms with Crippen molar-refractivity contribution in [2.75, 3.05) is 7.05 Å². The molecule has 29 heavy (non-hydrogen) atoms. The van der Waals surface area contributed by atoms with Crippen LogP contribution in [0.15, 0.2) is 36.3 Å². The molecule has 0 saturated heterocycles. The second-order valence-electron chi connectivity index (χ2n) is 10.3. The molecule has 0 N–H and O–H groups in total. The monoisotopic (exact) mass is 391 g/mol. The Balaban J connectivity index is 1.50. The highest BCUT2D eigenvalue weighted by Gasteiger charge is 2.59. The molecule has 4 nitrogen and oxygen atoms in total. The Hall–Kier alpha value is -1.97. The normalized spacial score (nSPS) is 42.9. The summed E-state index contributed by atoms with van der Waals surface area (Å²) in [4.78, 5) is 23.2. The van der Waals surface area contributed by atoms with E-state index in [9.17, 15) is 4.79 Å². The highest BCUT2D eigenvalue weighted by Crippen LogP contribution is 2.66. The summed E-state index contributed by atoms with van der Waals surface area (Å²) in [6.45, 7) is 7.20. The van der Waals surface area contributed by atoms with E-state index in [0.29, 0.717) is 12.0 Å². The first-order valence-corrected chi connectivity index (χ1v) is 11.3. The quantitative estimate of drug-likeness (QED) is 0.685. The van der Waals surface area contributed by atoms with Crippen molar-refractivity contribution in [3.63, 3.8) is 0 Å². The van der Waals surface area contributed by atoms with Crippen LogP contribution >= 0.6 is 0 Å². The lowest BCUT2D eigenvalue weighted by Crippen LogP contribution is -2.59. The number of fused-ring (bicyclic) bond motifs is 5. The Morgan fingerprint density at radius 2 is 1.97 bits per heavy atom. The predicted octanol–water partition coefficient (Wildman–Crippen LogP) is 4.89. The van der Waals surface area contributed by atoms with Gasteiger partial charge in [-0.2, -0.15) is 0 Å². The number of hydrogen-bond donors (Lipinski definition) is 0. The number of aromatic nitrogens is 2. The molecule has 154 valence electrons. The first kappa shape index (κ1) is 19.0. The summed E-state index contributed by atoms with van der Waals surface area (Å²) in [5.41, 5.74) is 4.42. The summed E-state index contributed by atoms with van der Waals surface area (Å²) < 4.78 is 0. The lowest BCUT2D eigenvalue weighted by Gasteiger charge is -2.59. The zero-order valence-corrected chi connectivity index (χ0v) is 18.2. The Bertz CT molecular complexity index is 891. The molecule has 4 heteroatoms. The molecule has 4 aliphatic rings. The molecule has 1 amide bonds. The van der Waals surface area contributed by atoms with E-state index >= 15 is 0 Å². The van der Waals surface area contributed by atoms with Gasteiger partial charge in [-0.1, -0.05) is 25.5 Å². The van der Waals surface area contributed by atoms with Crippen LogP contribution in [0.5, 0.6) is 0 Å². The topological polar surface area (TPSA) is 46.1 Å². The lowest BCUT2D eigenvalue weighted by molar-refractivity contribution is -0.137. The van der Waals surface area contributed by atoms with Crippen molar-refractivity contribution in [3.05, 3.63) is 42.0 Å². The summed E-state index contributed by atoms with van der Waals surface area (Å²) in [5.74, 6) is 2.37. The van der Waals surface area contributed by atoms with Crippen molar-refractivity contribution >= 4 is 11.5 Å². The van der Waals surface area contributed by atoms with Crippen molar-refractivity contribution in [3.8, 4) is 0 Å². The third kappa shape index (κ3) is 2.60. The minimum Gasteiger partial charge on any atom is -0.338 e. The minimum absolute atomic E-state index is 0.124. The molecule has 0 bridgehead atoms. The molecule has 2 heterocycles. The van der Waals surface area contributed by atoms with Gasteiger partial charge in [0.25, 0.3) is 0 Å². The van der Waals surface area contributed by atoms with Gasteiger partial charge in [0.05, 0.1) is 11.9 Å². The zero-order chi connectivity index (χ0) is 20.4. The van der Waals surface area contributed by atoms with Gasteiger partial charge in [0.15, 0.2) is 0 Å². The first-order chi connectivity index (χ1) is 13.9. The van der Waals surface area contributed by atoms with Gasteiger partial charge in [0.1, 0.15) is 0 Å². The molecule has 1 aromatic heterocycles. The number of amides is 1. The van der Waals surface area contributed by atoms with Gasteiger partial charge >= 0.3 is 0 Å². The Labute approximate surface area is 174 Å². The number of hydrogen-bond acceptors (Lipinski definition) is 3. The van der Waals surface area contributed by atoms with Gasteiger partial charge in [0, 0.05) is 30.9 Å². The van der Waals surface area contributed by atoms with E-state index in [4.69, 9.17) is 0 Å². The van der Waals surface area contributed by atoms with Crippen LogP contribution in [0.4, 0.5) is 0 Å². The van der Waals surface area contributed by atoms with Crippen LogP contribution in [0.2, 0.25) is 0 Å². The van der Waals surface area contributed by atoms with Crippen LogP contribution in [-0.2, 0) is 4.79 Å². The van der Waals surface area contributed by atoms with Crippen LogP contribution in [0.1, 0.15) is 65.0 Å². The van der Waals surface area contributed by atoms with E-state index in [1.165, 1.54) is 37.7 Å². The summed E-state index contributed by atoms with van der Waals surface area (Å²) in [7, 11) is 2.00. The Morgan fingerprint density at radius 1 is 1.14 bits per heavy atom. The van der Waals surface area contributed by atoms with Crippen LogP contribution in [0.25, 0.3) is 5.57 Å². The first-order valence-electron chi connectivity index (χ1n) is 11.3. The molecule has 6 atom stereocenters. The lowest BCUT2D eigenvalue weighted by atomic mass is 9.48. The highest BCUT2D eigenvalue weighted by atomic mass is 16.2. The van der Waals surface area contributed by atoms with E-state index in [1.807, 2.05) is 24.2 Å². The number of allylic oxidation sites excluding steroid dienone is 2. The van der Waals surface area contributed by atoms with E-state index in [1.54, 1.807) is 18.0 Å². The largest absolute Gasteiger partial charge is 0.338 e. The third-order valence-corrected chi connectivity index (χ3v) is 9.31. The number of nitrogens with zero attached hydrogens (tertiary/aromatic N) is 3. The second-order valence-corrected chi connectivity index (χ2v) is 10.3. The van der Waals surface area contributed by atoms with Gasteiger partial charge in [-0.25, -0.2) is 0 Å². The summed E-state index contributed by atoms with van der Waals surface area (Å²) in [5, 5.41) is 0. The molecular weight excluding hydrogens is 358 g/mol. The zero-order valence-electron chi connectivity index (χ0n) is 18.2. The molecule has 0 unspecified atom stereocenters. The summed E-state index contributed by atoms with van der Waals surface area (Å²) in [6.07, 6.45) is 17.0. The van der Waals surface area contributed by atoms with E-state index in [2.05, 4.69) is 36.8 Å². The molecule has 0 aromatic carbocycles.